The number of para-hydroxylation sites is 2. The fourth-order valence-electron chi connectivity index (χ4n) is 6.02. The van der Waals surface area contributed by atoms with Gasteiger partial charge < -0.3 is 19.7 Å². The van der Waals surface area contributed by atoms with Crippen LogP contribution in [-0.2, 0) is 10.0 Å². The lowest BCUT2D eigenvalue weighted by Gasteiger charge is -2.38. The van der Waals surface area contributed by atoms with Gasteiger partial charge in [0.1, 0.15) is 22.0 Å². The quantitative estimate of drug-likeness (QED) is 0.295. The van der Waals surface area contributed by atoms with Gasteiger partial charge in [-0.05, 0) is 82.0 Å². The Morgan fingerprint density at radius 3 is 2.48 bits per heavy atom. The molecule has 2 heterocycles. The highest BCUT2D eigenvalue weighted by Gasteiger charge is 2.39. The molecule has 1 fully saturated rings. The first-order chi connectivity index (χ1) is 20.6. The first kappa shape index (κ1) is 31.6. The standard InChI is InChI=1S/C32H36F3N3O5S/c1-20-9-7-10-21(2)29(20)36-19-23-11-8-16-38(23)30(39)22-14-15-26-24(17-22)25(18-31(3,4)42-26)37-44(40,41)28-13-6-5-12-27(28)43-32(33,34)35/h5-7,9-10,12-15,17,23,25,36-37H,8,11,16,18-19H2,1-4H3/t23-,25+/m1/s1. The molecule has 1 saturated heterocycles. The fourth-order valence-corrected chi connectivity index (χ4v) is 7.36. The number of nitrogens with one attached hydrogen (secondary N) is 2. The average molecular weight is 632 g/mol. The Hall–Kier alpha value is -3.77. The van der Waals surface area contributed by atoms with Crippen LogP contribution in [0.1, 0.15) is 66.2 Å². The van der Waals surface area contributed by atoms with Crippen LogP contribution in [0.4, 0.5) is 18.9 Å². The number of ether oxygens (including phenoxy) is 2. The van der Waals surface area contributed by atoms with E-state index in [2.05, 4.69) is 14.8 Å². The summed E-state index contributed by atoms with van der Waals surface area (Å²) in [6, 6.07) is 14.7. The minimum absolute atomic E-state index is 0.0350. The van der Waals surface area contributed by atoms with Crippen molar-refractivity contribution in [2.45, 2.75) is 75.9 Å². The van der Waals surface area contributed by atoms with E-state index in [0.717, 1.165) is 41.8 Å². The first-order valence-corrected chi connectivity index (χ1v) is 15.9. The highest BCUT2D eigenvalue weighted by atomic mass is 32.2. The minimum atomic E-state index is -5.07. The number of nitrogens with zero attached hydrogens (tertiary/aromatic N) is 1. The van der Waals surface area contributed by atoms with Gasteiger partial charge in [-0.1, -0.05) is 30.3 Å². The average Bonchev–Trinajstić information content (AvgIpc) is 3.39. The molecule has 2 N–H and O–H groups in total. The number of benzene rings is 3. The summed E-state index contributed by atoms with van der Waals surface area (Å²) >= 11 is 0. The van der Waals surface area contributed by atoms with Crippen molar-refractivity contribution >= 4 is 21.6 Å². The van der Waals surface area contributed by atoms with Crippen molar-refractivity contribution in [2.75, 3.05) is 18.4 Å². The summed E-state index contributed by atoms with van der Waals surface area (Å²) in [5, 5.41) is 3.51. The van der Waals surface area contributed by atoms with Crippen LogP contribution in [0.2, 0.25) is 0 Å². The Labute approximate surface area is 255 Å². The molecule has 2 atom stereocenters. The lowest BCUT2D eigenvalue weighted by Crippen LogP contribution is -2.42. The van der Waals surface area contributed by atoms with Crippen molar-refractivity contribution in [3.63, 3.8) is 0 Å². The van der Waals surface area contributed by atoms with Gasteiger partial charge in [0.05, 0.1) is 6.04 Å². The molecule has 2 aliphatic rings. The van der Waals surface area contributed by atoms with Crippen molar-refractivity contribution < 1.29 is 35.9 Å². The van der Waals surface area contributed by atoms with E-state index in [-0.39, 0.29) is 18.4 Å². The van der Waals surface area contributed by atoms with E-state index in [1.807, 2.05) is 36.9 Å². The van der Waals surface area contributed by atoms with E-state index in [1.54, 1.807) is 32.0 Å². The second-order valence-corrected chi connectivity index (χ2v) is 13.6. The summed E-state index contributed by atoms with van der Waals surface area (Å²) in [4.78, 5) is 15.0. The summed E-state index contributed by atoms with van der Waals surface area (Å²) in [7, 11) is -4.49. The van der Waals surface area contributed by atoms with E-state index >= 15 is 0 Å². The molecule has 236 valence electrons. The predicted octanol–water partition coefficient (Wildman–Crippen LogP) is 6.50. The molecule has 0 aliphatic carbocycles. The van der Waals surface area contributed by atoms with Gasteiger partial charge in [0, 0.05) is 42.4 Å². The van der Waals surface area contributed by atoms with Crippen molar-refractivity contribution in [1.82, 2.24) is 9.62 Å². The molecule has 5 rings (SSSR count). The second-order valence-electron chi connectivity index (χ2n) is 11.9. The summed E-state index contributed by atoms with van der Waals surface area (Å²) in [5.41, 5.74) is 3.30. The van der Waals surface area contributed by atoms with Gasteiger partial charge in [0.25, 0.3) is 5.91 Å². The molecule has 2 aliphatic heterocycles. The van der Waals surface area contributed by atoms with Crippen LogP contribution in [0.5, 0.6) is 11.5 Å². The third-order valence-corrected chi connectivity index (χ3v) is 9.52. The van der Waals surface area contributed by atoms with E-state index in [0.29, 0.717) is 30.0 Å². The van der Waals surface area contributed by atoms with Crippen molar-refractivity contribution in [1.29, 1.82) is 0 Å². The zero-order valence-corrected chi connectivity index (χ0v) is 25.8. The van der Waals surface area contributed by atoms with E-state index in [9.17, 15) is 26.4 Å². The molecule has 1 amide bonds. The lowest BCUT2D eigenvalue weighted by atomic mass is 9.89. The van der Waals surface area contributed by atoms with Crippen LogP contribution in [0.15, 0.2) is 65.6 Å². The van der Waals surface area contributed by atoms with Gasteiger partial charge in [0.15, 0.2) is 0 Å². The number of rotatable bonds is 8. The smallest absolute Gasteiger partial charge is 0.487 e. The van der Waals surface area contributed by atoms with Crippen molar-refractivity contribution in [2.24, 2.45) is 0 Å². The zero-order chi connectivity index (χ0) is 31.9. The maximum atomic E-state index is 13.8. The van der Waals surface area contributed by atoms with Gasteiger partial charge in [-0.15, -0.1) is 13.2 Å². The topological polar surface area (TPSA) is 97.0 Å². The third kappa shape index (κ3) is 6.96. The van der Waals surface area contributed by atoms with Crippen molar-refractivity contribution in [3.05, 3.63) is 82.9 Å². The Bertz CT molecular complexity index is 1640. The molecule has 3 aromatic carbocycles. The summed E-state index contributed by atoms with van der Waals surface area (Å²) in [6.45, 7) is 8.82. The largest absolute Gasteiger partial charge is 0.573 e. The number of hydrogen-bond donors (Lipinski definition) is 2. The Morgan fingerprint density at radius 2 is 1.77 bits per heavy atom. The summed E-state index contributed by atoms with van der Waals surface area (Å²) in [5.74, 6) is -0.633. The van der Waals surface area contributed by atoms with Crippen LogP contribution in [0.25, 0.3) is 0 Å². The van der Waals surface area contributed by atoms with E-state index in [4.69, 9.17) is 4.74 Å². The molecule has 0 unspecified atom stereocenters. The maximum Gasteiger partial charge on any atom is 0.573 e. The number of hydrogen-bond acceptors (Lipinski definition) is 6. The number of fused-ring (bicyclic) bond motifs is 1. The number of alkyl halides is 3. The predicted molar refractivity (Wildman–Crippen MR) is 160 cm³/mol. The minimum Gasteiger partial charge on any atom is -0.487 e. The third-order valence-electron chi connectivity index (χ3n) is 8.01. The number of carbonyl (C=O) groups is 1. The Morgan fingerprint density at radius 1 is 1.07 bits per heavy atom. The summed E-state index contributed by atoms with van der Waals surface area (Å²) < 4.78 is 78.6. The number of anilines is 1. The SMILES string of the molecule is Cc1cccc(C)c1NC[C@H]1CCCN1C(=O)c1ccc2c(c1)[C@@H](NS(=O)(=O)c1ccccc1OC(F)(F)F)CC(C)(C)O2. The fraction of sp³-hybridized carbons (Fsp3) is 0.406. The second kappa shape index (κ2) is 12.0. The Kier molecular flexibility index (Phi) is 8.60. The first-order valence-electron chi connectivity index (χ1n) is 14.4. The van der Waals surface area contributed by atoms with Crippen molar-refractivity contribution in [3.8, 4) is 11.5 Å². The zero-order valence-electron chi connectivity index (χ0n) is 25.0. The molecule has 0 spiro atoms. The molecular formula is C32H36F3N3O5S. The van der Waals surface area contributed by atoms with Gasteiger partial charge in [-0.2, -0.15) is 0 Å². The van der Waals surface area contributed by atoms with Gasteiger partial charge >= 0.3 is 6.36 Å². The number of aryl methyl sites for hydroxylation is 2. The maximum absolute atomic E-state index is 13.8. The number of amides is 1. The highest BCUT2D eigenvalue weighted by Crippen LogP contribution is 2.42. The number of likely N-dealkylation sites (tertiary alicyclic amines) is 1. The molecule has 0 saturated carbocycles. The molecule has 44 heavy (non-hydrogen) atoms. The monoisotopic (exact) mass is 631 g/mol. The highest BCUT2D eigenvalue weighted by molar-refractivity contribution is 7.89. The van der Waals surface area contributed by atoms with Crippen LogP contribution in [0, 0.1) is 13.8 Å². The van der Waals surface area contributed by atoms with Gasteiger partial charge in [-0.3, -0.25) is 4.79 Å². The van der Waals surface area contributed by atoms with Crippen LogP contribution >= 0.6 is 0 Å². The van der Waals surface area contributed by atoms with E-state index < -0.39 is 38.7 Å². The molecule has 0 radical (unpaired) electrons. The number of halogens is 3. The normalized spacial score (nSPS) is 19.7. The van der Waals surface area contributed by atoms with Crippen LogP contribution in [-0.4, -0.2) is 50.3 Å². The van der Waals surface area contributed by atoms with Crippen LogP contribution < -0.4 is 19.5 Å². The van der Waals surface area contributed by atoms with Gasteiger partial charge in [0.2, 0.25) is 10.0 Å². The molecular weight excluding hydrogens is 595 g/mol. The molecule has 3 aromatic rings. The molecule has 0 aromatic heterocycles. The number of sulfonamides is 1. The van der Waals surface area contributed by atoms with Crippen LogP contribution in [0.3, 0.4) is 0 Å². The van der Waals surface area contributed by atoms with E-state index in [1.165, 1.54) is 12.1 Å². The molecule has 8 nitrogen and oxygen atoms in total. The molecule has 12 heteroatoms. The Balaban J connectivity index is 1.40. The number of carbonyl (C=O) groups excluding carboxylic acids is 1. The van der Waals surface area contributed by atoms with Gasteiger partial charge in [-0.25, -0.2) is 13.1 Å². The lowest BCUT2D eigenvalue weighted by molar-refractivity contribution is -0.275. The summed E-state index contributed by atoms with van der Waals surface area (Å²) in [6.07, 6.45) is -3.20. The molecule has 0 bridgehead atoms.